The molecule has 34 heavy (non-hydrogen) atoms. The van der Waals surface area contributed by atoms with Crippen LogP contribution in [0.5, 0.6) is 0 Å². The van der Waals surface area contributed by atoms with Crippen LogP contribution in [0, 0.1) is 16.0 Å². The first-order valence-corrected chi connectivity index (χ1v) is 11.5. The number of allylic oxidation sites excluding steroid dienone is 1. The normalized spacial score (nSPS) is 20.8. The molecule has 1 fully saturated rings. The lowest BCUT2D eigenvalue weighted by Gasteiger charge is -2.29. The van der Waals surface area contributed by atoms with Crippen LogP contribution in [0.1, 0.15) is 53.8 Å². The van der Waals surface area contributed by atoms with E-state index in [2.05, 4.69) is 11.2 Å². The molecule has 0 bridgehead atoms. The van der Waals surface area contributed by atoms with E-state index >= 15 is 0 Å². The highest BCUT2D eigenvalue weighted by Gasteiger charge is 2.45. The molecule has 0 N–H and O–H groups in total. The van der Waals surface area contributed by atoms with E-state index in [-0.39, 0.29) is 23.3 Å². The largest absolute Gasteiger partial charge is 0.320 e. The summed E-state index contributed by atoms with van der Waals surface area (Å²) in [5.74, 6) is -0.531. The molecule has 3 aromatic rings. The molecule has 2 heterocycles. The van der Waals surface area contributed by atoms with Crippen LogP contribution in [0.4, 0.5) is 5.69 Å². The topological polar surface area (TPSA) is 93.6 Å². The summed E-state index contributed by atoms with van der Waals surface area (Å²) in [5, 5.41) is 22.1. The average molecular weight is 456 g/mol. The molecule has 2 atom stereocenters. The fourth-order valence-corrected chi connectivity index (χ4v) is 4.87. The summed E-state index contributed by atoms with van der Waals surface area (Å²) in [6.45, 7) is 2.25. The Morgan fingerprint density at radius 2 is 1.85 bits per heavy atom. The van der Waals surface area contributed by atoms with E-state index in [1.54, 1.807) is 0 Å². The second kappa shape index (κ2) is 9.05. The molecule has 172 valence electrons. The molecule has 1 saturated carbocycles. The number of amides is 1. The molecule has 1 aliphatic heterocycles. The zero-order valence-electron chi connectivity index (χ0n) is 18.9. The van der Waals surface area contributed by atoms with E-state index in [1.807, 2.05) is 67.6 Å². The van der Waals surface area contributed by atoms with E-state index < -0.39 is 10.8 Å². The number of nitrogens with zero attached hydrogens (tertiary/aromatic N) is 5. The first-order valence-electron chi connectivity index (χ1n) is 11.5. The van der Waals surface area contributed by atoms with Crippen molar-refractivity contribution in [2.45, 2.75) is 38.8 Å². The van der Waals surface area contributed by atoms with Crippen LogP contribution in [-0.2, 0) is 6.54 Å². The first-order chi connectivity index (χ1) is 16.6. The molecular weight excluding hydrogens is 430 g/mol. The van der Waals surface area contributed by atoms with Crippen molar-refractivity contribution in [3.8, 4) is 0 Å². The number of hydrogen-bond acceptors (Lipinski definition) is 5. The minimum absolute atomic E-state index is 0.0161. The van der Waals surface area contributed by atoms with Gasteiger partial charge in [-0.2, -0.15) is 10.2 Å². The summed E-state index contributed by atoms with van der Waals surface area (Å²) >= 11 is 0. The van der Waals surface area contributed by atoms with Gasteiger partial charge in [-0.3, -0.25) is 19.6 Å². The van der Waals surface area contributed by atoms with Crippen molar-refractivity contribution in [2.24, 2.45) is 11.0 Å². The Labute approximate surface area is 197 Å². The van der Waals surface area contributed by atoms with Gasteiger partial charge in [0.05, 0.1) is 16.7 Å². The molecular formula is C26H25N5O3. The maximum absolute atomic E-state index is 13.7. The molecule has 1 aromatic heterocycles. The highest BCUT2D eigenvalue weighted by atomic mass is 16.6. The Hall–Kier alpha value is -4.07. The fraction of sp³-hybridized carbons (Fsp3) is 0.269. The molecule has 1 amide bonds. The number of hydrazone groups is 1. The van der Waals surface area contributed by atoms with Gasteiger partial charge in [0.1, 0.15) is 6.20 Å². The van der Waals surface area contributed by atoms with Crippen molar-refractivity contribution in [1.29, 1.82) is 0 Å². The second-order valence-electron chi connectivity index (χ2n) is 8.55. The molecule has 0 spiro atoms. The van der Waals surface area contributed by atoms with Gasteiger partial charge in [-0.05, 0) is 49.0 Å². The third-order valence-electron chi connectivity index (χ3n) is 6.46. The Kier molecular flexibility index (Phi) is 5.79. The number of nitro groups is 1. The number of fused-ring (bicyclic) bond motifs is 1. The van der Waals surface area contributed by atoms with Crippen molar-refractivity contribution in [3.05, 3.63) is 99.4 Å². The van der Waals surface area contributed by atoms with Gasteiger partial charge in [-0.1, -0.05) is 60.7 Å². The van der Waals surface area contributed by atoms with Gasteiger partial charge in [0.25, 0.3) is 0 Å². The zero-order chi connectivity index (χ0) is 23.7. The van der Waals surface area contributed by atoms with Crippen LogP contribution in [0.3, 0.4) is 0 Å². The number of aryl methyl sites for hydroxylation is 1. The SMILES string of the molecule is CCn1cc([N+](=O)[O-])c(C(=O)N2N=C3/C(=C\c4ccccc4)CCC[C@H]3[C@@H]2c2ccccc2)n1. The number of carbonyl (C=O) groups is 1. The van der Waals surface area contributed by atoms with Gasteiger partial charge in [0.2, 0.25) is 5.69 Å². The molecule has 5 rings (SSSR count). The van der Waals surface area contributed by atoms with Crippen molar-refractivity contribution < 1.29 is 9.72 Å². The number of rotatable bonds is 5. The minimum atomic E-state index is -0.555. The van der Waals surface area contributed by atoms with Gasteiger partial charge < -0.3 is 0 Å². The Morgan fingerprint density at radius 1 is 1.15 bits per heavy atom. The molecule has 0 unspecified atom stereocenters. The highest BCUT2D eigenvalue weighted by molar-refractivity contribution is 6.09. The lowest BCUT2D eigenvalue weighted by atomic mass is 9.77. The van der Waals surface area contributed by atoms with Crippen molar-refractivity contribution >= 4 is 23.4 Å². The van der Waals surface area contributed by atoms with Gasteiger partial charge >= 0.3 is 11.6 Å². The van der Waals surface area contributed by atoms with Crippen LogP contribution >= 0.6 is 0 Å². The summed E-state index contributed by atoms with van der Waals surface area (Å²) in [6.07, 6.45) is 6.19. The number of benzene rings is 2. The molecule has 0 saturated heterocycles. The predicted molar refractivity (Wildman–Crippen MR) is 129 cm³/mol. The Morgan fingerprint density at radius 3 is 2.53 bits per heavy atom. The fourth-order valence-electron chi connectivity index (χ4n) is 4.87. The highest BCUT2D eigenvalue weighted by Crippen LogP contribution is 2.45. The van der Waals surface area contributed by atoms with Crippen LogP contribution in [0.25, 0.3) is 6.08 Å². The Bertz CT molecular complexity index is 1280. The van der Waals surface area contributed by atoms with E-state index in [9.17, 15) is 14.9 Å². The average Bonchev–Trinajstić information content (AvgIpc) is 3.48. The number of hydrogen-bond donors (Lipinski definition) is 0. The second-order valence-corrected chi connectivity index (χ2v) is 8.55. The van der Waals surface area contributed by atoms with E-state index in [4.69, 9.17) is 5.10 Å². The standard InChI is InChI=1S/C26H25N5O3/c1-2-29-17-22(31(33)34)24(27-29)26(32)30-25(19-12-7-4-8-13-19)21-15-9-14-20(23(21)28-30)16-18-10-5-3-6-11-18/h3-8,10-13,16-17,21,25H,2,9,14-15H2,1H3/b20-16-/t21-,25+/m1/s1. The number of carbonyl (C=O) groups excluding carboxylic acids is 1. The zero-order valence-corrected chi connectivity index (χ0v) is 18.9. The van der Waals surface area contributed by atoms with E-state index in [1.165, 1.54) is 15.9 Å². The lowest BCUT2D eigenvalue weighted by molar-refractivity contribution is -0.385. The van der Waals surface area contributed by atoms with Crippen LogP contribution in [-0.4, -0.2) is 31.3 Å². The maximum Gasteiger partial charge on any atom is 0.320 e. The monoisotopic (exact) mass is 455 g/mol. The molecule has 0 radical (unpaired) electrons. The van der Waals surface area contributed by atoms with Crippen molar-refractivity contribution in [1.82, 2.24) is 14.8 Å². The van der Waals surface area contributed by atoms with Crippen LogP contribution in [0.2, 0.25) is 0 Å². The summed E-state index contributed by atoms with van der Waals surface area (Å²) in [7, 11) is 0. The number of aromatic nitrogens is 2. The summed E-state index contributed by atoms with van der Waals surface area (Å²) in [4.78, 5) is 24.8. The van der Waals surface area contributed by atoms with Gasteiger partial charge in [0.15, 0.2) is 0 Å². The van der Waals surface area contributed by atoms with Crippen LogP contribution < -0.4 is 0 Å². The quantitative estimate of drug-likeness (QED) is 0.388. The molecule has 1 aliphatic carbocycles. The van der Waals surface area contributed by atoms with E-state index in [0.717, 1.165) is 41.7 Å². The van der Waals surface area contributed by atoms with Crippen molar-refractivity contribution in [3.63, 3.8) is 0 Å². The van der Waals surface area contributed by atoms with Gasteiger partial charge in [0, 0.05) is 12.5 Å². The molecule has 8 heteroatoms. The maximum atomic E-state index is 13.7. The van der Waals surface area contributed by atoms with Gasteiger partial charge in [-0.25, -0.2) is 5.01 Å². The lowest BCUT2D eigenvalue weighted by Crippen LogP contribution is -2.32. The summed E-state index contributed by atoms with van der Waals surface area (Å²) in [6, 6.07) is 19.5. The van der Waals surface area contributed by atoms with Gasteiger partial charge in [-0.15, -0.1) is 0 Å². The van der Waals surface area contributed by atoms with E-state index in [0.29, 0.717) is 6.54 Å². The van der Waals surface area contributed by atoms with Crippen molar-refractivity contribution in [2.75, 3.05) is 0 Å². The summed E-state index contributed by atoms with van der Waals surface area (Å²) in [5.41, 5.74) is 3.55. The summed E-state index contributed by atoms with van der Waals surface area (Å²) < 4.78 is 1.42. The van der Waals surface area contributed by atoms with Crippen LogP contribution in [0.15, 0.2) is 77.5 Å². The molecule has 8 nitrogen and oxygen atoms in total. The third-order valence-corrected chi connectivity index (χ3v) is 6.46. The third kappa shape index (κ3) is 3.91. The molecule has 2 aliphatic rings. The Balaban J connectivity index is 1.61. The predicted octanol–water partition coefficient (Wildman–Crippen LogP) is 5.25. The first kappa shape index (κ1) is 21.8. The molecule has 2 aromatic carbocycles. The minimum Gasteiger partial charge on any atom is -0.265 e. The smallest absolute Gasteiger partial charge is 0.265 e.